The van der Waals surface area contributed by atoms with Crippen molar-refractivity contribution in [2.75, 3.05) is 0 Å². The average molecular weight is 409 g/mol. The third kappa shape index (κ3) is 3.42. The fourth-order valence-corrected chi connectivity index (χ4v) is 4.54. The predicted octanol–water partition coefficient (Wildman–Crippen LogP) is 5.11. The maximum atomic E-state index is 11.9. The molecule has 0 unspecified atom stereocenters. The second kappa shape index (κ2) is 7.53. The molecule has 5 nitrogen and oxygen atoms in total. The molecular weight excluding hydrogens is 392 g/mol. The first-order chi connectivity index (χ1) is 13.5. The van der Waals surface area contributed by atoms with Crippen molar-refractivity contribution < 1.29 is 15.0 Å². The monoisotopic (exact) mass is 408 g/mol. The highest BCUT2D eigenvalue weighted by Gasteiger charge is 2.26. The van der Waals surface area contributed by atoms with E-state index in [0.29, 0.717) is 8.83 Å². The maximum absolute atomic E-state index is 11.9. The molecule has 2 heterocycles. The average Bonchev–Trinajstić information content (AvgIpc) is 3.22. The van der Waals surface area contributed by atoms with Gasteiger partial charge in [0.15, 0.2) is 3.95 Å². The minimum absolute atomic E-state index is 0.136. The Labute approximate surface area is 170 Å². The highest BCUT2D eigenvalue weighted by atomic mass is 32.1. The number of carbonyl (C=O) groups is 1. The van der Waals surface area contributed by atoms with Gasteiger partial charge in [-0.25, -0.2) is 4.79 Å². The van der Waals surface area contributed by atoms with Gasteiger partial charge in [-0.2, -0.15) is 0 Å². The second-order valence-electron chi connectivity index (χ2n) is 6.34. The van der Waals surface area contributed by atoms with Gasteiger partial charge in [-0.05, 0) is 29.9 Å². The fourth-order valence-electron chi connectivity index (χ4n) is 3.18. The van der Waals surface area contributed by atoms with Crippen LogP contribution in [0.15, 0.2) is 59.6 Å². The smallest absolute Gasteiger partial charge is 0.327 e. The molecule has 0 spiro atoms. The van der Waals surface area contributed by atoms with Gasteiger partial charge in [-0.1, -0.05) is 48.5 Å². The molecule has 0 amide bonds. The Morgan fingerprint density at radius 2 is 1.89 bits per heavy atom. The molecule has 1 aliphatic rings. The van der Waals surface area contributed by atoms with Crippen molar-refractivity contribution in [3.63, 3.8) is 0 Å². The number of allylic oxidation sites excluding steroid dienone is 1. The molecule has 140 valence electrons. The van der Waals surface area contributed by atoms with Gasteiger partial charge in [-0.3, -0.25) is 9.56 Å². The number of nitrogens with zero attached hydrogens (tertiary/aromatic N) is 2. The molecule has 4 rings (SSSR count). The molecule has 3 aromatic rings. The first kappa shape index (κ1) is 18.3. The van der Waals surface area contributed by atoms with Crippen LogP contribution in [0.5, 0.6) is 5.88 Å². The number of para-hydroxylation sites is 1. The van der Waals surface area contributed by atoms with E-state index in [0.717, 1.165) is 22.4 Å². The summed E-state index contributed by atoms with van der Waals surface area (Å²) in [6.45, 7) is 0. The molecule has 0 saturated heterocycles. The highest BCUT2D eigenvalue weighted by Crippen LogP contribution is 2.37. The van der Waals surface area contributed by atoms with Gasteiger partial charge >= 0.3 is 5.97 Å². The van der Waals surface area contributed by atoms with E-state index in [-0.39, 0.29) is 12.3 Å². The summed E-state index contributed by atoms with van der Waals surface area (Å²) >= 11 is 6.57. The van der Waals surface area contributed by atoms with Crippen molar-refractivity contribution in [1.29, 1.82) is 0 Å². The first-order valence-electron chi connectivity index (χ1n) is 8.61. The summed E-state index contributed by atoms with van der Waals surface area (Å²) in [7, 11) is 0. The summed E-state index contributed by atoms with van der Waals surface area (Å²) in [6, 6.07) is 16.0. The van der Waals surface area contributed by atoms with E-state index in [1.807, 2.05) is 54.6 Å². The molecule has 0 bridgehead atoms. The third-order valence-corrected chi connectivity index (χ3v) is 5.89. The minimum Gasteiger partial charge on any atom is -0.493 e. The normalized spacial score (nSPS) is 14.9. The number of aromatic hydroxyl groups is 1. The summed E-state index contributed by atoms with van der Waals surface area (Å²) in [5.74, 6) is -1.18. The number of aromatic nitrogens is 1. The number of benzene rings is 2. The fraction of sp³-hybridized carbons (Fsp3) is 0.0952. The lowest BCUT2D eigenvalue weighted by Crippen LogP contribution is -2.21. The number of hydrogen-bond acceptors (Lipinski definition) is 5. The van der Waals surface area contributed by atoms with Crippen LogP contribution < -0.4 is 0 Å². The lowest BCUT2D eigenvalue weighted by atomic mass is 10.1. The van der Waals surface area contributed by atoms with E-state index in [1.54, 1.807) is 12.3 Å². The molecule has 0 fully saturated rings. The van der Waals surface area contributed by atoms with Gasteiger partial charge in [0.25, 0.3) is 0 Å². The van der Waals surface area contributed by atoms with Crippen molar-refractivity contribution in [3.8, 4) is 5.88 Å². The van der Waals surface area contributed by atoms with E-state index in [2.05, 4.69) is 4.99 Å². The number of carboxylic acids is 1. The number of aliphatic carboxylic acids is 1. The van der Waals surface area contributed by atoms with Crippen LogP contribution in [-0.2, 0) is 11.2 Å². The van der Waals surface area contributed by atoms with Gasteiger partial charge < -0.3 is 10.2 Å². The molecule has 28 heavy (non-hydrogen) atoms. The standard InChI is InChI=1S/C21H16N2O3S2/c24-19-18(11-14-12-22-16-9-5-4-8-15(14)16)28-21(27)23(19)17(20(25)26)10-13-6-2-1-3-7-13/h1-9,11-12,17,24H,10H2,(H,25,26)/b14-11-/t17-/m1/s1. The number of carboxylic acid groups (broad SMARTS) is 1. The van der Waals surface area contributed by atoms with Crippen LogP contribution in [0.25, 0.3) is 11.6 Å². The van der Waals surface area contributed by atoms with Gasteiger partial charge in [0, 0.05) is 23.8 Å². The highest BCUT2D eigenvalue weighted by molar-refractivity contribution is 7.73. The van der Waals surface area contributed by atoms with Crippen LogP contribution >= 0.6 is 23.6 Å². The van der Waals surface area contributed by atoms with E-state index in [4.69, 9.17) is 12.2 Å². The Hall–Kier alpha value is -3.03. The lowest BCUT2D eigenvalue weighted by Gasteiger charge is -2.15. The summed E-state index contributed by atoms with van der Waals surface area (Å²) in [5.41, 5.74) is 3.54. The predicted molar refractivity (Wildman–Crippen MR) is 114 cm³/mol. The molecule has 1 aliphatic heterocycles. The van der Waals surface area contributed by atoms with Gasteiger partial charge in [0.05, 0.1) is 10.6 Å². The molecular formula is C21H16N2O3S2. The Morgan fingerprint density at radius 3 is 2.64 bits per heavy atom. The molecule has 2 aromatic carbocycles. The quantitative estimate of drug-likeness (QED) is 0.575. The van der Waals surface area contributed by atoms with Crippen LogP contribution in [0.4, 0.5) is 5.69 Å². The molecule has 2 N–H and O–H groups in total. The Bertz CT molecular complexity index is 1160. The first-order valence-corrected chi connectivity index (χ1v) is 9.83. The SMILES string of the molecule is O=C(O)[C@@H](Cc1ccccc1)n1c(O)c(/C=C2/C=Nc3ccccc32)sc1=S. The van der Waals surface area contributed by atoms with Crippen molar-refractivity contribution in [1.82, 2.24) is 4.57 Å². The topological polar surface area (TPSA) is 74.8 Å². The number of rotatable bonds is 5. The number of aliphatic imine (C=N–C) groups is 1. The van der Waals surface area contributed by atoms with Gasteiger partial charge in [0.2, 0.25) is 5.88 Å². The second-order valence-corrected chi connectivity index (χ2v) is 8.02. The van der Waals surface area contributed by atoms with E-state index in [1.165, 1.54) is 15.9 Å². The molecule has 1 atom stereocenters. The van der Waals surface area contributed by atoms with Crippen molar-refractivity contribution in [2.45, 2.75) is 12.5 Å². The van der Waals surface area contributed by atoms with Crippen LogP contribution in [-0.4, -0.2) is 27.0 Å². The number of fused-ring (bicyclic) bond motifs is 1. The summed E-state index contributed by atoms with van der Waals surface area (Å²) in [6.07, 6.45) is 3.76. The molecule has 1 aromatic heterocycles. The number of hydrogen-bond donors (Lipinski definition) is 2. The Morgan fingerprint density at radius 1 is 1.18 bits per heavy atom. The third-order valence-electron chi connectivity index (χ3n) is 4.56. The molecule has 7 heteroatoms. The van der Waals surface area contributed by atoms with E-state index >= 15 is 0 Å². The zero-order valence-electron chi connectivity index (χ0n) is 14.6. The zero-order chi connectivity index (χ0) is 19.7. The largest absolute Gasteiger partial charge is 0.493 e. The molecule has 0 saturated carbocycles. The van der Waals surface area contributed by atoms with Crippen molar-refractivity contribution in [2.24, 2.45) is 4.99 Å². The van der Waals surface area contributed by atoms with Gasteiger partial charge in [0.1, 0.15) is 6.04 Å². The molecule has 0 aliphatic carbocycles. The van der Waals surface area contributed by atoms with E-state index in [9.17, 15) is 15.0 Å². The van der Waals surface area contributed by atoms with Crippen LogP contribution in [0, 0.1) is 3.95 Å². The maximum Gasteiger partial charge on any atom is 0.327 e. The summed E-state index contributed by atoms with van der Waals surface area (Å²) in [5, 5.41) is 20.5. The Balaban J connectivity index is 1.73. The Kier molecular flexibility index (Phi) is 4.93. The zero-order valence-corrected chi connectivity index (χ0v) is 16.3. The van der Waals surface area contributed by atoms with Crippen molar-refractivity contribution >= 4 is 53.1 Å². The minimum atomic E-state index is -1.04. The molecule has 0 radical (unpaired) electrons. The number of thiazole rings is 1. The van der Waals surface area contributed by atoms with Crippen LogP contribution in [0.1, 0.15) is 22.0 Å². The van der Waals surface area contributed by atoms with Crippen LogP contribution in [0.2, 0.25) is 0 Å². The van der Waals surface area contributed by atoms with Crippen LogP contribution in [0.3, 0.4) is 0 Å². The van der Waals surface area contributed by atoms with E-state index < -0.39 is 12.0 Å². The van der Waals surface area contributed by atoms with Gasteiger partial charge in [-0.15, -0.1) is 11.3 Å². The van der Waals surface area contributed by atoms with Crippen molar-refractivity contribution in [3.05, 3.63) is 74.6 Å². The summed E-state index contributed by atoms with van der Waals surface area (Å²) in [4.78, 5) is 16.8. The lowest BCUT2D eigenvalue weighted by molar-refractivity contribution is -0.141. The summed E-state index contributed by atoms with van der Waals surface area (Å²) < 4.78 is 1.63.